The topological polar surface area (TPSA) is 231 Å². The van der Waals surface area contributed by atoms with Crippen molar-refractivity contribution in [3.63, 3.8) is 0 Å². The van der Waals surface area contributed by atoms with Gasteiger partial charge >= 0.3 is 11.9 Å². The van der Waals surface area contributed by atoms with E-state index in [4.69, 9.17) is 28.4 Å². The Balaban J connectivity index is 1.78. The van der Waals surface area contributed by atoms with Crippen LogP contribution in [0.1, 0.15) is 168 Å². The van der Waals surface area contributed by atoms with Crippen molar-refractivity contribution < 1.29 is 73.8 Å². The zero-order chi connectivity index (χ0) is 56.7. The molecule has 0 aromatic carbocycles. The average Bonchev–Trinajstić information content (AvgIpc) is 3.43. The number of aliphatic hydroxyl groups excluding tert-OH is 7. The van der Waals surface area contributed by atoms with Crippen LogP contribution in [0.2, 0.25) is 0 Å². The molecule has 2 fully saturated rings. The first-order valence-corrected chi connectivity index (χ1v) is 29.1. The largest absolute Gasteiger partial charge is 0.462 e. The Kier molecular flexibility index (Phi) is 42.8. The summed E-state index contributed by atoms with van der Waals surface area (Å²) in [6.07, 6.45) is 48.0. The third kappa shape index (κ3) is 34.1. The van der Waals surface area contributed by atoms with Gasteiger partial charge in [-0.15, -0.1) is 0 Å². The van der Waals surface area contributed by atoms with Gasteiger partial charge in [0.05, 0.1) is 19.8 Å². The van der Waals surface area contributed by atoms with Crippen LogP contribution in [-0.2, 0) is 38.0 Å². The van der Waals surface area contributed by atoms with Crippen molar-refractivity contribution in [2.75, 3.05) is 26.4 Å². The standard InChI is InChI=1S/C63H100O15/c1-3-5-7-9-11-13-15-17-19-21-23-24-25-26-28-29-31-33-35-37-39-41-43-45-54(65)73-48-51(76-55(66)46-44-42-40-38-36-34-32-30-27-22-20-18-16-14-12-10-8-6-4-2)49-74-62-61(72)59(70)57(68)53(78-62)50-75-63-60(71)58(69)56(67)52(47-64)77-63/h5-8,11-14,17-20,23-24,27,30,34,36,40,42,51-53,56-64,67-72H,3-4,9-10,15-16,21-22,25-26,28-29,31-33,35,37-39,41,43-50H2,1-2H3/b7-5-,8-6-,13-11-,14-12-,19-17-,20-18-,24-23-,30-27-,36-34-,42-40-. The minimum absolute atomic E-state index is 0.0319. The molecule has 2 aliphatic heterocycles. The molecule has 2 heterocycles. The highest BCUT2D eigenvalue weighted by atomic mass is 16.7. The van der Waals surface area contributed by atoms with E-state index in [-0.39, 0.29) is 19.4 Å². The number of allylic oxidation sites excluding steroid dienone is 20. The molecular formula is C63H100O15. The van der Waals surface area contributed by atoms with Gasteiger partial charge in [-0.05, 0) is 89.9 Å². The van der Waals surface area contributed by atoms with Gasteiger partial charge in [-0.1, -0.05) is 187 Å². The maximum Gasteiger partial charge on any atom is 0.306 e. The molecule has 7 N–H and O–H groups in total. The van der Waals surface area contributed by atoms with Crippen molar-refractivity contribution in [2.24, 2.45) is 0 Å². The first-order valence-electron chi connectivity index (χ1n) is 29.1. The maximum atomic E-state index is 13.0. The summed E-state index contributed by atoms with van der Waals surface area (Å²) in [7, 11) is 0. The molecule has 11 atom stereocenters. The zero-order valence-electron chi connectivity index (χ0n) is 47.1. The van der Waals surface area contributed by atoms with Crippen LogP contribution in [-0.4, -0.2) is 142 Å². The molecule has 2 rings (SSSR count). The molecule has 15 heteroatoms. The van der Waals surface area contributed by atoms with E-state index in [1.807, 2.05) is 12.2 Å². The van der Waals surface area contributed by atoms with E-state index in [0.717, 1.165) is 89.9 Å². The van der Waals surface area contributed by atoms with Gasteiger partial charge < -0.3 is 64.2 Å². The summed E-state index contributed by atoms with van der Waals surface area (Å²) < 4.78 is 33.6. The van der Waals surface area contributed by atoms with Crippen LogP contribution in [0.3, 0.4) is 0 Å². The van der Waals surface area contributed by atoms with Gasteiger partial charge in [-0.2, -0.15) is 0 Å². The van der Waals surface area contributed by atoms with Crippen molar-refractivity contribution in [1.29, 1.82) is 0 Å². The second-order valence-corrected chi connectivity index (χ2v) is 19.7. The number of aliphatic hydroxyl groups is 7. The number of hydrogen-bond donors (Lipinski definition) is 7. The van der Waals surface area contributed by atoms with Crippen molar-refractivity contribution in [3.05, 3.63) is 122 Å². The van der Waals surface area contributed by atoms with E-state index in [9.17, 15) is 45.3 Å². The fourth-order valence-corrected chi connectivity index (χ4v) is 8.29. The molecule has 15 nitrogen and oxygen atoms in total. The van der Waals surface area contributed by atoms with Gasteiger partial charge in [0.1, 0.15) is 55.4 Å². The highest BCUT2D eigenvalue weighted by Gasteiger charge is 2.47. The Hall–Kier alpha value is -4.10. The lowest BCUT2D eigenvalue weighted by Gasteiger charge is -2.42. The van der Waals surface area contributed by atoms with Crippen molar-refractivity contribution in [1.82, 2.24) is 0 Å². The SMILES string of the molecule is CC/C=C\C/C=C\C/C=C\C/C=C\C/C=C\C/C=C\CCC(=O)OC(COC(=O)CCCCCCCCCCCC/C=C\C/C=C\C/C=C\C/C=C\CC)COC1OC(COC2OC(CO)C(O)C(O)C2O)C(O)C(O)C1O. The monoisotopic (exact) mass is 1100 g/mol. The quantitative estimate of drug-likeness (QED) is 0.0171. The summed E-state index contributed by atoms with van der Waals surface area (Å²) >= 11 is 0. The fourth-order valence-electron chi connectivity index (χ4n) is 8.29. The number of carbonyl (C=O) groups excluding carboxylic acids is 2. The van der Waals surface area contributed by atoms with Gasteiger partial charge in [0.15, 0.2) is 18.7 Å². The second-order valence-electron chi connectivity index (χ2n) is 19.7. The molecule has 0 aromatic rings. The average molecular weight is 1100 g/mol. The summed E-state index contributed by atoms with van der Waals surface area (Å²) in [6, 6.07) is 0. The third-order valence-electron chi connectivity index (χ3n) is 12.9. The summed E-state index contributed by atoms with van der Waals surface area (Å²) in [5, 5.41) is 72.3. The van der Waals surface area contributed by atoms with Gasteiger partial charge in [-0.25, -0.2) is 0 Å². The van der Waals surface area contributed by atoms with Gasteiger partial charge in [0, 0.05) is 12.8 Å². The minimum Gasteiger partial charge on any atom is -0.462 e. The Bertz CT molecular complexity index is 1810. The van der Waals surface area contributed by atoms with Crippen LogP contribution in [0.4, 0.5) is 0 Å². The van der Waals surface area contributed by atoms with Gasteiger partial charge in [0.2, 0.25) is 0 Å². The van der Waals surface area contributed by atoms with Crippen LogP contribution in [0.15, 0.2) is 122 Å². The number of ether oxygens (including phenoxy) is 6. The normalized spacial score (nSPS) is 24.9. The van der Waals surface area contributed by atoms with E-state index in [0.29, 0.717) is 19.3 Å². The Morgan fingerprint density at radius 3 is 1.26 bits per heavy atom. The highest BCUT2D eigenvalue weighted by molar-refractivity contribution is 5.70. The molecule has 0 spiro atoms. The van der Waals surface area contributed by atoms with Crippen molar-refractivity contribution >= 4 is 11.9 Å². The van der Waals surface area contributed by atoms with Crippen molar-refractivity contribution in [3.8, 4) is 0 Å². The van der Waals surface area contributed by atoms with Gasteiger partial charge in [-0.3, -0.25) is 9.59 Å². The van der Waals surface area contributed by atoms with E-state index < -0.39 is 99.3 Å². The Labute approximate surface area is 467 Å². The molecular weight excluding hydrogens is 997 g/mol. The van der Waals surface area contributed by atoms with E-state index in [2.05, 4.69) is 123 Å². The molecule has 11 unspecified atom stereocenters. The van der Waals surface area contributed by atoms with Crippen LogP contribution in [0, 0.1) is 0 Å². The van der Waals surface area contributed by atoms with E-state index in [1.165, 1.54) is 32.1 Å². The molecule has 0 aliphatic carbocycles. The molecule has 0 saturated carbocycles. The summed E-state index contributed by atoms with van der Waals surface area (Å²) in [6.45, 7) is 2.27. The van der Waals surface area contributed by atoms with E-state index >= 15 is 0 Å². The van der Waals surface area contributed by atoms with Crippen LogP contribution >= 0.6 is 0 Å². The van der Waals surface area contributed by atoms with Crippen molar-refractivity contribution in [2.45, 2.75) is 235 Å². The molecule has 2 aliphatic rings. The first kappa shape index (κ1) is 70.0. The molecule has 78 heavy (non-hydrogen) atoms. The Morgan fingerprint density at radius 1 is 0.410 bits per heavy atom. The number of rotatable bonds is 44. The number of unbranched alkanes of at least 4 members (excludes halogenated alkanes) is 10. The lowest BCUT2D eigenvalue weighted by Crippen LogP contribution is -2.61. The predicted molar refractivity (Wildman–Crippen MR) is 307 cm³/mol. The summed E-state index contributed by atoms with van der Waals surface area (Å²) in [5.74, 6) is -1.04. The lowest BCUT2D eigenvalue weighted by atomic mass is 9.98. The molecule has 0 radical (unpaired) electrons. The fraction of sp³-hybridized carbons (Fsp3) is 0.651. The third-order valence-corrected chi connectivity index (χ3v) is 12.9. The number of hydrogen-bond acceptors (Lipinski definition) is 15. The summed E-state index contributed by atoms with van der Waals surface area (Å²) in [5.41, 5.74) is 0. The molecule has 442 valence electrons. The van der Waals surface area contributed by atoms with Crippen LogP contribution < -0.4 is 0 Å². The number of carbonyl (C=O) groups is 2. The minimum atomic E-state index is -1.79. The highest BCUT2D eigenvalue weighted by Crippen LogP contribution is 2.26. The van der Waals surface area contributed by atoms with Crippen LogP contribution in [0.5, 0.6) is 0 Å². The van der Waals surface area contributed by atoms with Gasteiger partial charge in [0.25, 0.3) is 0 Å². The van der Waals surface area contributed by atoms with E-state index in [1.54, 1.807) is 0 Å². The molecule has 0 bridgehead atoms. The Morgan fingerprint density at radius 2 is 0.795 bits per heavy atom. The molecule has 0 aromatic heterocycles. The zero-order valence-corrected chi connectivity index (χ0v) is 47.1. The molecule has 0 amide bonds. The number of esters is 2. The first-order chi connectivity index (χ1) is 38.0. The lowest BCUT2D eigenvalue weighted by molar-refractivity contribution is -0.332. The van der Waals surface area contributed by atoms with Crippen LogP contribution in [0.25, 0.3) is 0 Å². The summed E-state index contributed by atoms with van der Waals surface area (Å²) in [4.78, 5) is 25.9. The maximum absolute atomic E-state index is 13.0. The second kappa shape index (κ2) is 47.7. The predicted octanol–water partition coefficient (Wildman–Crippen LogP) is 10.0. The smallest absolute Gasteiger partial charge is 0.306 e. The molecule has 2 saturated heterocycles.